The van der Waals surface area contributed by atoms with E-state index in [0.717, 1.165) is 16.6 Å². The molecular formula is C11H13N3O2. The zero-order valence-corrected chi connectivity index (χ0v) is 8.92. The number of carboxylic acid groups (broad SMARTS) is 1. The Morgan fingerprint density at radius 3 is 3.06 bits per heavy atom. The first-order valence-corrected chi connectivity index (χ1v) is 4.96. The lowest BCUT2D eigenvalue weighted by atomic mass is 10.1. The lowest BCUT2D eigenvalue weighted by Crippen LogP contribution is -2.32. The van der Waals surface area contributed by atoms with Crippen LogP contribution in [0.4, 0.5) is 0 Å². The molecule has 2 rings (SSSR count). The normalized spacial score (nSPS) is 12.9. The van der Waals surface area contributed by atoms with Gasteiger partial charge in [0.2, 0.25) is 0 Å². The summed E-state index contributed by atoms with van der Waals surface area (Å²) in [6.45, 7) is 0. The lowest BCUT2D eigenvalue weighted by Gasteiger charge is -2.06. The smallest absolute Gasteiger partial charge is 0.320 e. The molecule has 2 aromatic rings. The van der Waals surface area contributed by atoms with Gasteiger partial charge in [0.15, 0.2) is 0 Å². The average Bonchev–Trinajstić information content (AvgIpc) is 2.60. The van der Waals surface area contributed by atoms with E-state index in [9.17, 15) is 4.79 Å². The highest BCUT2D eigenvalue weighted by atomic mass is 16.4. The van der Waals surface area contributed by atoms with Gasteiger partial charge in [-0.2, -0.15) is 0 Å². The average molecular weight is 219 g/mol. The lowest BCUT2D eigenvalue weighted by molar-refractivity contribution is -0.138. The van der Waals surface area contributed by atoms with Crippen LogP contribution in [-0.2, 0) is 18.3 Å². The minimum atomic E-state index is -0.985. The molecule has 5 nitrogen and oxygen atoms in total. The van der Waals surface area contributed by atoms with Crippen LogP contribution in [0.25, 0.3) is 11.0 Å². The molecule has 0 aliphatic heterocycles. The van der Waals surface area contributed by atoms with Crippen molar-refractivity contribution in [3.8, 4) is 0 Å². The molecule has 1 aromatic heterocycles. The van der Waals surface area contributed by atoms with Crippen molar-refractivity contribution in [2.75, 3.05) is 0 Å². The van der Waals surface area contributed by atoms with Crippen LogP contribution in [0.1, 0.15) is 5.56 Å². The Morgan fingerprint density at radius 1 is 1.62 bits per heavy atom. The number of nitrogens with two attached hydrogens (primary N) is 1. The number of aliphatic carboxylic acids is 1. The number of aryl methyl sites for hydroxylation is 1. The number of rotatable bonds is 3. The van der Waals surface area contributed by atoms with E-state index >= 15 is 0 Å². The maximum Gasteiger partial charge on any atom is 0.320 e. The van der Waals surface area contributed by atoms with Crippen molar-refractivity contribution >= 4 is 17.0 Å². The van der Waals surface area contributed by atoms with Gasteiger partial charge >= 0.3 is 5.97 Å². The Balaban J connectivity index is 2.29. The zero-order chi connectivity index (χ0) is 11.7. The molecule has 0 fully saturated rings. The second-order valence-corrected chi connectivity index (χ2v) is 3.83. The van der Waals surface area contributed by atoms with E-state index in [-0.39, 0.29) is 0 Å². The van der Waals surface area contributed by atoms with Crippen LogP contribution >= 0.6 is 0 Å². The maximum absolute atomic E-state index is 10.6. The number of nitrogens with zero attached hydrogens (tertiary/aromatic N) is 2. The van der Waals surface area contributed by atoms with E-state index in [1.807, 2.05) is 29.8 Å². The van der Waals surface area contributed by atoms with Crippen molar-refractivity contribution in [1.29, 1.82) is 0 Å². The highest BCUT2D eigenvalue weighted by Gasteiger charge is 2.12. The van der Waals surface area contributed by atoms with Gasteiger partial charge in [-0.25, -0.2) is 4.98 Å². The number of hydrogen-bond acceptors (Lipinski definition) is 3. The van der Waals surface area contributed by atoms with Gasteiger partial charge in [0, 0.05) is 7.05 Å². The van der Waals surface area contributed by atoms with Crippen LogP contribution in [0.2, 0.25) is 0 Å². The third kappa shape index (κ3) is 1.90. The zero-order valence-electron chi connectivity index (χ0n) is 8.92. The summed E-state index contributed by atoms with van der Waals surface area (Å²) in [7, 11) is 1.91. The molecule has 3 N–H and O–H groups in total. The van der Waals surface area contributed by atoms with Gasteiger partial charge in [0.05, 0.1) is 17.4 Å². The van der Waals surface area contributed by atoms with E-state index in [0.29, 0.717) is 6.42 Å². The Kier molecular flexibility index (Phi) is 2.62. The van der Waals surface area contributed by atoms with Crippen LogP contribution in [-0.4, -0.2) is 26.7 Å². The Labute approximate surface area is 92.5 Å². The van der Waals surface area contributed by atoms with Gasteiger partial charge in [-0.15, -0.1) is 0 Å². The maximum atomic E-state index is 10.6. The van der Waals surface area contributed by atoms with Crippen molar-refractivity contribution < 1.29 is 9.90 Å². The summed E-state index contributed by atoms with van der Waals surface area (Å²) in [5.41, 5.74) is 8.24. The van der Waals surface area contributed by atoms with Crippen molar-refractivity contribution in [3.63, 3.8) is 0 Å². The van der Waals surface area contributed by atoms with Crippen LogP contribution < -0.4 is 5.73 Å². The molecule has 1 atom stereocenters. The van der Waals surface area contributed by atoms with E-state index in [1.54, 1.807) is 6.33 Å². The van der Waals surface area contributed by atoms with E-state index < -0.39 is 12.0 Å². The fourth-order valence-electron chi connectivity index (χ4n) is 1.65. The number of aromatic nitrogens is 2. The summed E-state index contributed by atoms with van der Waals surface area (Å²) in [5, 5.41) is 8.72. The molecular weight excluding hydrogens is 206 g/mol. The second-order valence-electron chi connectivity index (χ2n) is 3.83. The number of fused-ring (bicyclic) bond motifs is 1. The Bertz CT molecular complexity index is 533. The highest BCUT2D eigenvalue weighted by molar-refractivity contribution is 5.77. The van der Waals surface area contributed by atoms with Crippen molar-refractivity contribution in [3.05, 3.63) is 30.1 Å². The molecule has 5 heteroatoms. The minimum absolute atomic E-state index is 0.321. The fraction of sp³-hybridized carbons (Fsp3) is 0.273. The summed E-state index contributed by atoms with van der Waals surface area (Å²) in [4.78, 5) is 14.8. The first-order chi connectivity index (χ1) is 7.58. The van der Waals surface area contributed by atoms with Gasteiger partial charge in [-0.3, -0.25) is 4.79 Å². The highest BCUT2D eigenvalue weighted by Crippen LogP contribution is 2.14. The molecule has 0 radical (unpaired) electrons. The molecule has 1 aromatic carbocycles. The Morgan fingerprint density at radius 2 is 2.38 bits per heavy atom. The molecule has 1 heterocycles. The largest absolute Gasteiger partial charge is 0.480 e. The van der Waals surface area contributed by atoms with E-state index in [1.165, 1.54) is 0 Å². The van der Waals surface area contributed by atoms with Gasteiger partial charge in [0.25, 0.3) is 0 Å². The van der Waals surface area contributed by atoms with Gasteiger partial charge in [-0.05, 0) is 24.1 Å². The fourth-order valence-corrected chi connectivity index (χ4v) is 1.65. The molecule has 84 valence electrons. The van der Waals surface area contributed by atoms with E-state index in [2.05, 4.69) is 4.98 Å². The number of hydrogen-bond donors (Lipinski definition) is 2. The predicted molar refractivity (Wildman–Crippen MR) is 60.0 cm³/mol. The summed E-state index contributed by atoms with van der Waals surface area (Å²) in [5.74, 6) is -0.985. The monoisotopic (exact) mass is 219 g/mol. The summed E-state index contributed by atoms with van der Waals surface area (Å²) >= 11 is 0. The summed E-state index contributed by atoms with van der Waals surface area (Å²) < 4.78 is 1.91. The van der Waals surface area contributed by atoms with E-state index in [4.69, 9.17) is 10.8 Å². The van der Waals surface area contributed by atoms with Crippen LogP contribution in [0, 0.1) is 0 Å². The standard InChI is InChI=1S/C11H13N3O2/c1-14-6-13-9-5-7(2-3-10(9)14)4-8(12)11(15)16/h2-3,5-6,8H,4,12H2,1H3,(H,15,16). The van der Waals surface area contributed by atoms with Gasteiger partial charge in [-0.1, -0.05) is 6.07 Å². The topological polar surface area (TPSA) is 81.1 Å². The predicted octanol–water partition coefficient (Wildman–Crippen LogP) is 0.528. The van der Waals surface area contributed by atoms with Gasteiger partial charge in [0.1, 0.15) is 6.04 Å². The molecule has 0 saturated carbocycles. The molecule has 0 aliphatic rings. The number of carboxylic acids is 1. The number of carbonyl (C=O) groups is 1. The molecule has 0 amide bonds. The number of benzene rings is 1. The number of imidazole rings is 1. The molecule has 1 unspecified atom stereocenters. The quantitative estimate of drug-likeness (QED) is 0.788. The van der Waals surface area contributed by atoms with Crippen molar-refractivity contribution in [1.82, 2.24) is 9.55 Å². The Hall–Kier alpha value is -1.88. The molecule has 0 spiro atoms. The molecule has 0 saturated heterocycles. The molecule has 0 aliphatic carbocycles. The third-order valence-electron chi connectivity index (χ3n) is 2.56. The molecule has 0 bridgehead atoms. The third-order valence-corrected chi connectivity index (χ3v) is 2.56. The van der Waals surface area contributed by atoms with Crippen molar-refractivity contribution in [2.24, 2.45) is 12.8 Å². The first-order valence-electron chi connectivity index (χ1n) is 4.96. The SMILES string of the molecule is Cn1cnc2cc(CC(N)C(=O)O)ccc21. The first kappa shape index (κ1) is 10.6. The van der Waals surface area contributed by atoms with Crippen LogP contribution in [0.5, 0.6) is 0 Å². The molecule has 16 heavy (non-hydrogen) atoms. The summed E-state index contributed by atoms with van der Waals surface area (Å²) in [6, 6.07) is 4.82. The van der Waals surface area contributed by atoms with Gasteiger partial charge < -0.3 is 15.4 Å². The van der Waals surface area contributed by atoms with Crippen molar-refractivity contribution in [2.45, 2.75) is 12.5 Å². The minimum Gasteiger partial charge on any atom is -0.480 e. The summed E-state index contributed by atoms with van der Waals surface area (Å²) in [6.07, 6.45) is 2.05. The van der Waals surface area contributed by atoms with Crippen LogP contribution in [0.15, 0.2) is 24.5 Å². The second kappa shape index (κ2) is 3.94. The van der Waals surface area contributed by atoms with Crippen LogP contribution in [0.3, 0.4) is 0 Å².